The summed E-state index contributed by atoms with van der Waals surface area (Å²) in [4.78, 5) is 0. The molecule has 3 aromatic rings. The Morgan fingerprint density at radius 2 is 1.47 bits per heavy atom. The molecule has 3 rings (SSSR count). The molecule has 19 heavy (non-hydrogen) atoms. The number of fused-ring (bicyclic) bond motifs is 1. The van der Waals surface area contributed by atoms with Crippen LogP contribution in [-0.2, 0) is 0 Å². The van der Waals surface area contributed by atoms with Crippen molar-refractivity contribution >= 4 is 26.7 Å². The normalized spacial score (nSPS) is 12.5. The van der Waals surface area contributed by atoms with Gasteiger partial charge in [0.2, 0.25) is 0 Å². The van der Waals surface area contributed by atoms with E-state index >= 15 is 0 Å². The maximum absolute atomic E-state index is 6.38. The molecule has 0 aliphatic rings. The van der Waals surface area contributed by atoms with Gasteiger partial charge in [-0.15, -0.1) is 0 Å². The summed E-state index contributed by atoms with van der Waals surface area (Å²) in [6.07, 6.45) is 0. The van der Waals surface area contributed by atoms with Gasteiger partial charge in [-0.2, -0.15) is 0 Å². The first-order chi connectivity index (χ1) is 9.25. The molecule has 0 aliphatic carbocycles. The molecular weight excluding hydrogens is 298 g/mol. The monoisotopic (exact) mass is 311 g/mol. The van der Waals surface area contributed by atoms with Crippen LogP contribution in [0.5, 0.6) is 0 Å². The number of rotatable bonds is 2. The lowest BCUT2D eigenvalue weighted by molar-refractivity contribution is 0.868. The minimum atomic E-state index is -0.111. The Morgan fingerprint density at radius 1 is 0.789 bits per heavy atom. The van der Waals surface area contributed by atoms with Gasteiger partial charge in [-0.05, 0) is 34.0 Å². The van der Waals surface area contributed by atoms with Gasteiger partial charge in [0.15, 0.2) is 0 Å². The molecule has 0 bridgehead atoms. The van der Waals surface area contributed by atoms with Crippen molar-refractivity contribution < 1.29 is 0 Å². The molecule has 1 nitrogen and oxygen atoms in total. The zero-order valence-corrected chi connectivity index (χ0v) is 12.0. The molecule has 0 amide bonds. The molecule has 0 aromatic heterocycles. The molecule has 1 unspecified atom stereocenters. The van der Waals surface area contributed by atoms with Gasteiger partial charge in [0.05, 0.1) is 6.04 Å². The average molecular weight is 312 g/mol. The van der Waals surface area contributed by atoms with Crippen molar-refractivity contribution in [1.82, 2.24) is 0 Å². The van der Waals surface area contributed by atoms with Gasteiger partial charge in [-0.3, -0.25) is 0 Å². The summed E-state index contributed by atoms with van der Waals surface area (Å²) in [6.45, 7) is 0. The van der Waals surface area contributed by atoms with E-state index < -0.39 is 0 Å². The van der Waals surface area contributed by atoms with E-state index in [1.807, 2.05) is 18.2 Å². The molecule has 0 spiro atoms. The Labute approximate surface area is 121 Å². The van der Waals surface area contributed by atoms with Gasteiger partial charge in [0.25, 0.3) is 0 Å². The van der Waals surface area contributed by atoms with E-state index in [0.717, 1.165) is 15.6 Å². The number of halogens is 1. The molecule has 0 saturated carbocycles. The van der Waals surface area contributed by atoms with E-state index in [9.17, 15) is 0 Å². The van der Waals surface area contributed by atoms with Crippen LogP contribution in [0.4, 0.5) is 0 Å². The van der Waals surface area contributed by atoms with Gasteiger partial charge in [-0.25, -0.2) is 0 Å². The van der Waals surface area contributed by atoms with Crippen LogP contribution in [0.2, 0.25) is 0 Å². The van der Waals surface area contributed by atoms with Crippen LogP contribution in [-0.4, -0.2) is 0 Å². The molecule has 3 aromatic carbocycles. The van der Waals surface area contributed by atoms with Crippen molar-refractivity contribution in [3.05, 3.63) is 82.3 Å². The lowest BCUT2D eigenvalue weighted by Crippen LogP contribution is -2.12. The Bertz CT molecular complexity index is 721. The van der Waals surface area contributed by atoms with Gasteiger partial charge >= 0.3 is 0 Å². The molecular formula is C17H14BrN. The third kappa shape index (κ3) is 2.42. The van der Waals surface area contributed by atoms with E-state index in [-0.39, 0.29) is 6.04 Å². The predicted molar refractivity (Wildman–Crippen MR) is 84.1 cm³/mol. The largest absolute Gasteiger partial charge is 0.320 e. The molecule has 0 fully saturated rings. The molecule has 0 radical (unpaired) electrons. The lowest BCUT2D eigenvalue weighted by Gasteiger charge is -2.15. The summed E-state index contributed by atoms with van der Waals surface area (Å²) in [5, 5.41) is 2.47. The number of hydrogen-bond donors (Lipinski definition) is 1. The van der Waals surface area contributed by atoms with Crippen molar-refractivity contribution in [2.45, 2.75) is 6.04 Å². The fourth-order valence-corrected chi connectivity index (χ4v) is 2.84. The van der Waals surface area contributed by atoms with Crippen molar-refractivity contribution in [2.24, 2.45) is 5.73 Å². The van der Waals surface area contributed by atoms with E-state index in [0.29, 0.717) is 0 Å². The Morgan fingerprint density at radius 3 is 2.26 bits per heavy atom. The molecule has 0 saturated heterocycles. The molecule has 1 atom stereocenters. The van der Waals surface area contributed by atoms with E-state index in [2.05, 4.69) is 64.5 Å². The van der Waals surface area contributed by atoms with Crippen LogP contribution in [0.1, 0.15) is 17.2 Å². The summed E-state index contributed by atoms with van der Waals surface area (Å²) >= 11 is 3.56. The van der Waals surface area contributed by atoms with Crippen molar-refractivity contribution in [2.75, 3.05) is 0 Å². The van der Waals surface area contributed by atoms with Crippen LogP contribution in [0.3, 0.4) is 0 Å². The molecule has 0 heterocycles. The van der Waals surface area contributed by atoms with Crippen molar-refractivity contribution in [3.63, 3.8) is 0 Å². The number of nitrogens with two attached hydrogens (primary N) is 1. The van der Waals surface area contributed by atoms with Crippen LogP contribution in [0.25, 0.3) is 10.8 Å². The first-order valence-electron chi connectivity index (χ1n) is 6.24. The smallest absolute Gasteiger partial charge is 0.0563 e. The Kier molecular flexibility index (Phi) is 3.36. The zero-order valence-electron chi connectivity index (χ0n) is 10.4. The highest BCUT2D eigenvalue weighted by Crippen LogP contribution is 2.28. The second-order valence-corrected chi connectivity index (χ2v) is 5.46. The second-order valence-electron chi connectivity index (χ2n) is 4.61. The fourth-order valence-electron chi connectivity index (χ4n) is 2.31. The SMILES string of the molecule is NC(c1ccc2ccccc2c1)c1ccccc1Br. The minimum absolute atomic E-state index is 0.111. The summed E-state index contributed by atoms with van der Waals surface area (Å²) in [7, 11) is 0. The van der Waals surface area contributed by atoms with E-state index in [4.69, 9.17) is 5.73 Å². The second kappa shape index (κ2) is 5.16. The predicted octanol–water partition coefficient (Wildman–Crippen LogP) is 4.65. The van der Waals surface area contributed by atoms with Gasteiger partial charge in [0.1, 0.15) is 0 Å². The highest BCUT2D eigenvalue weighted by atomic mass is 79.9. The maximum Gasteiger partial charge on any atom is 0.0563 e. The zero-order chi connectivity index (χ0) is 13.2. The van der Waals surface area contributed by atoms with Crippen molar-refractivity contribution in [3.8, 4) is 0 Å². The maximum atomic E-state index is 6.38. The summed E-state index contributed by atoms with van der Waals surface area (Å²) in [6, 6.07) is 22.7. The Hall–Kier alpha value is -1.64. The Balaban J connectivity index is 2.07. The van der Waals surface area contributed by atoms with E-state index in [1.165, 1.54) is 10.8 Å². The molecule has 94 valence electrons. The number of benzene rings is 3. The molecule has 2 N–H and O–H groups in total. The quantitative estimate of drug-likeness (QED) is 0.732. The minimum Gasteiger partial charge on any atom is -0.320 e. The standard InChI is InChI=1S/C17H14BrN/c18-16-8-4-3-7-15(16)17(19)14-10-9-12-5-1-2-6-13(12)11-14/h1-11,17H,19H2. The van der Waals surface area contributed by atoms with Crippen LogP contribution >= 0.6 is 15.9 Å². The highest BCUT2D eigenvalue weighted by Gasteiger charge is 2.11. The van der Waals surface area contributed by atoms with Gasteiger partial charge in [0, 0.05) is 4.47 Å². The van der Waals surface area contributed by atoms with Crippen LogP contribution < -0.4 is 5.73 Å². The third-order valence-corrected chi connectivity index (χ3v) is 4.10. The first-order valence-corrected chi connectivity index (χ1v) is 7.04. The lowest BCUT2D eigenvalue weighted by atomic mass is 9.97. The van der Waals surface area contributed by atoms with Crippen LogP contribution in [0.15, 0.2) is 71.2 Å². The summed E-state index contributed by atoms with van der Waals surface area (Å²) in [5.41, 5.74) is 8.62. The summed E-state index contributed by atoms with van der Waals surface area (Å²) < 4.78 is 1.05. The fraction of sp³-hybridized carbons (Fsp3) is 0.0588. The van der Waals surface area contributed by atoms with Crippen LogP contribution in [0, 0.1) is 0 Å². The molecule has 0 aliphatic heterocycles. The number of hydrogen-bond acceptors (Lipinski definition) is 1. The third-order valence-electron chi connectivity index (χ3n) is 3.37. The van der Waals surface area contributed by atoms with E-state index in [1.54, 1.807) is 0 Å². The average Bonchev–Trinajstić information content (AvgIpc) is 2.46. The first kappa shape index (κ1) is 12.4. The molecule has 2 heteroatoms. The van der Waals surface area contributed by atoms with Gasteiger partial charge in [-0.1, -0.05) is 70.5 Å². The highest BCUT2D eigenvalue weighted by molar-refractivity contribution is 9.10. The van der Waals surface area contributed by atoms with Crippen molar-refractivity contribution in [1.29, 1.82) is 0 Å². The summed E-state index contributed by atoms with van der Waals surface area (Å²) in [5.74, 6) is 0. The topological polar surface area (TPSA) is 26.0 Å². The van der Waals surface area contributed by atoms with Gasteiger partial charge < -0.3 is 5.73 Å².